The van der Waals surface area contributed by atoms with Crippen LogP contribution in [0.15, 0.2) is 32.4 Å². The van der Waals surface area contributed by atoms with Crippen LogP contribution in [0.2, 0.25) is 0 Å². The largest absolute Gasteiger partial charge is 0.370 e. The van der Waals surface area contributed by atoms with E-state index in [4.69, 9.17) is 4.74 Å². The van der Waals surface area contributed by atoms with Crippen molar-refractivity contribution in [2.24, 2.45) is 16.3 Å². The van der Waals surface area contributed by atoms with Crippen LogP contribution in [-0.2, 0) is 14.3 Å². The first-order valence-corrected chi connectivity index (χ1v) is 10.2. The predicted molar refractivity (Wildman–Crippen MR) is 98.5 cm³/mol. The number of carbonyl (C=O) groups excluding carboxylic acids is 2. The Morgan fingerprint density at radius 1 is 1.54 bits per heavy atom. The Morgan fingerprint density at radius 3 is 3.12 bits per heavy atom. The molecule has 0 unspecified atom stereocenters. The Labute approximate surface area is 159 Å². The number of thioether (sulfide) groups is 1. The van der Waals surface area contributed by atoms with Crippen LogP contribution in [0.3, 0.4) is 0 Å². The van der Waals surface area contributed by atoms with Gasteiger partial charge in [-0.25, -0.2) is 9.99 Å². The van der Waals surface area contributed by atoms with E-state index in [0.29, 0.717) is 18.2 Å². The van der Waals surface area contributed by atoms with Gasteiger partial charge in [0.15, 0.2) is 5.13 Å². The predicted octanol–water partition coefficient (Wildman–Crippen LogP) is 2.82. The van der Waals surface area contributed by atoms with E-state index in [9.17, 15) is 9.59 Å². The molecule has 1 aromatic heterocycles. The summed E-state index contributed by atoms with van der Waals surface area (Å²) in [6, 6.07) is 0. The van der Waals surface area contributed by atoms with Crippen LogP contribution >= 0.6 is 23.1 Å². The molecule has 4 heterocycles. The normalized spacial score (nSPS) is 30.4. The Morgan fingerprint density at radius 2 is 2.38 bits per heavy atom. The standard InChI is InChI=1S/C16H19N5O3S2/c1-3-16(2)6-9-10(8-24-16)26-13-12(9)14(23)21(20-19-13)7-11(22)18-15-17-4-5-25-15/h4-5,12-13H,3,6-8H2,1-2H3,(H,17,18,22)/t12-,13-,16-/m1/s1. The zero-order valence-electron chi connectivity index (χ0n) is 14.5. The van der Waals surface area contributed by atoms with E-state index in [-0.39, 0.29) is 35.3 Å². The van der Waals surface area contributed by atoms with Gasteiger partial charge in [-0.3, -0.25) is 9.59 Å². The fourth-order valence-corrected chi connectivity index (χ4v) is 5.08. The van der Waals surface area contributed by atoms with Crippen molar-refractivity contribution in [3.05, 3.63) is 22.1 Å². The van der Waals surface area contributed by atoms with Gasteiger partial charge in [-0.15, -0.1) is 11.3 Å². The second kappa shape index (κ2) is 6.75. The number of nitrogens with zero attached hydrogens (tertiary/aromatic N) is 4. The molecule has 0 aliphatic carbocycles. The number of rotatable bonds is 4. The van der Waals surface area contributed by atoms with E-state index >= 15 is 0 Å². The number of aromatic nitrogens is 1. The number of hydrogen-bond acceptors (Lipinski definition) is 8. The van der Waals surface area contributed by atoms with Gasteiger partial charge in [0, 0.05) is 16.5 Å². The Kier molecular flexibility index (Phi) is 4.57. The Balaban J connectivity index is 1.48. The smallest absolute Gasteiger partial charge is 0.254 e. The van der Waals surface area contributed by atoms with E-state index in [0.717, 1.165) is 16.9 Å². The van der Waals surface area contributed by atoms with Crippen molar-refractivity contribution in [1.29, 1.82) is 0 Å². The molecular formula is C16H19N5O3S2. The number of thiazole rings is 1. The van der Waals surface area contributed by atoms with E-state index in [1.807, 2.05) is 0 Å². The van der Waals surface area contributed by atoms with Gasteiger partial charge in [0.2, 0.25) is 5.91 Å². The highest BCUT2D eigenvalue weighted by Crippen LogP contribution is 2.51. The average molecular weight is 393 g/mol. The second-order valence-corrected chi connectivity index (χ2v) is 8.80. The van der Waals surface area contributed by atoms with Crippen LogP contribution in [0, 0.1) is 5.92 Å². The third-order valence-electron chi connectivity index (χ3n) is 4.91. The molecule has 4 rings (SSSR count). The van der Waals surface area contributed by atoms with Crippen molar-refractivity contribution in [3.63, 3.8) is 0 Å². The molecular weight excluding hydrogens is 374 g/mol. The zero-order valence-corrected chi connectivity index (χ0v) is 16.1. The van der Waals surface area contributed by atoms with Gasteiger partial charge in [0.25, 0.3) is 5.91 Å². The van der Waals surface area contributed by atoms with E-state index in [1.54, 1.807) is 23.3 Å². The molecule has 0 saturated heterocycles. The van der Waals surface area contributed by atoms with Crippen molar-refractivity contribution in [2.45, 2.75) is 37.7 Å². The molecule has 0 radical (unpaired) electrons. The Hall–Kier alpha value is -1.78. The molecule has 138 valence electrons. The minimum atomic E-state index is -0.352. The highest BCUT2D eigenvalue weighted by molar-refractivity contribution is 8.04. The minimum absolute atomic E-state index is 0.167. The summed E-state index contributed by atoms with van der Waals surface area (Å²) in [5.74, 6) is -0.858. The molecule has 10 heteroatoms. The van der Waals surface area contributed by atoms with Gasteiger partial charge in [-0.1, -0.05) is 23.9 Å². The van der Waals surface area contributed by atoms with Gasteiger partial charge < -0.3 is 10.1 Å². The molecule has 3 atom stereocenters. The quantitative estimate of drug-likeness (QED) is 0.848. The molecule has 8 nitrogen and oxygen atoms in total. The number of amides is 2. The summed E-state index contributed by atoms with van der Waals surface area (Å²) in [6.45, 7) is 4.51. The number of fused-ring (bicyclic) bond motifs is 2. The molecule has 0 aromatic carbocycles. The molecule has 3 aliphatic rings. The molecule has 2 amide bonds. The van der Waals surface area contributed by atoms with E-state index in [2.05, 4.69) is 34.5 Å². The second-order valence-electron chi connectivity index (χ2n) is 6.69. The van der Waals surface area contributed by atoms with Crippen LogP contribution in [0.25, 0.3) is 0 Å². The van der Waals surface area contributed by atoms with Crippen molar-refractivity contribution >= 4 is 40.0 Å². The van der Waals surface area contributed by atoms with Crippen LogP contribution in [0.1, 0.15) is 26.7 Å². The van der Waals surface area contributed by atoms with Crippen molar-refractivity contribution in [1.82, 2.24) is 9.99 Å². The first-order chi connectivity index (χ1) is 12.5. The highest BCUT2D eigenvalue weighted by atomic mass is 32.2. The fraction of sp³-hybridized carbons (Fsp3) is 0.562. The fourth-order valence-electron chi connectivity index (χ4n) is 3.26. The molecule has 0 saturated carbocycles. The number of carbonyl (C=O) groups is 2. The summed E-state index contributed by atoms with van der Waals surface area (Å²) in [4.78, 5) is 30.3. The molecule has 1 aromatic rings. The van der Waals surface area contributed by atoms with Crippen LogP contribution in [0.4, 0.5) is 5.13 Å². The third kappa shape index (κ3) is 3.17. The third-order valence-corrected chi connectivity index (χ3v) is 6.87. The SMILES string of the molecule is CC[C@]1(C)CC2=C(CO1)S[C@H]1N=NN(CC(=O)Nc3nccs3)C(=O)[C@H]21. The van der Waals surface area contributed by atoms with Gasteiger partial charge in [-0.05, 0) is 25.3 Å². The van der Waals surface area contributed by atoms with Gasteiger partial charge in [-0.2, -0.15) is 5.11 Å². The Bertz CT molecular complexity index is 794. The lowest BCUT2D eigenvalue weighted by Crippen LogP contribution is -2.44. The van der Waals surface area contributed by atoms with Crippen molar-refractivity contribution < 1.29 is 14.3 Å². The van der Waals surface area contributed by atoms with Crippen molar-refractivity contribution in [2.75, 3.05) is 18.5 Å². The summed E-state index contributed by atoms with van der Waals surface area (Å²) in [7, 11) is 0. The number of ether oxygens (including phenoxy) is 1. The molecule has 1 N–H and O–H groups in total. The van der Waals surface area contributed by atoms with Gasteiger partial charge in [0.1, 0.15) is 11.9 Å². The van der Waals surface area contributed by atoms with Crippen LogP contribution in [-0.4, -0.2) is 45.9 Å². The number of anilines is 1. The average Bonchev–Trinajstić information content (AvgIpc) is 3.24. The number of nitrogens with one attached hydrogen (secondary N) is 1. The zero-order chi connectivity index (χ0) is 18.3. The van der Waals surface area contributed by atoms with Crippen LogP contribution in [0.5, 0.6) is 0 Å². The summed E-state index contributed by atoms with van der Waals surface area (Å²) in [5.41, 5.74) is 0.848. The summed E-state index contributed by atoms with van der Waals surface area (Å²) in [5, 5.41) is 14.1. The maximum absolute atomic E-state index is 13.0. The lowest BCUT2D eigenvalue weighted by atomic mass is 9.84. The van der Waals surface area contributed by atoms with E-state index in [1.165, 1.54) is 16.3 Å². The van der Waals surface area contributed by atoms with E-state index < -0.39 is 0 Å². The molecule has 0 fully saturated rings. The lowest BCUT2D eigenvalue weighted by molar-refractivity contribution is -0.139. The topological polar surface area (TPSA) is 96.2 Å². The minimum Gasteiger partial charge on any atom is -0.370 e. The summed E-state index contributed by atoms with van der Waals surface area (Å²) < 4.78 is 5.97. The molecule has 3 aliphatic heterocycles. The van der Waals surface area contributed by atoms with Gasteiger partial charge >= 0.3 is 0 Å². The molecule has 0 bridgehead atoms. The van der Waals surface area contributed by atoms with Crippen LogP contribution < -0.4 is 5.32 Å². The summed E-state index contributed by atoms with van der Waals surface area (Å²) >= 11 is 2.88. The van der Waals surface area contributed by atoms with Crippen molar-refractivity contribution in [3.8, 4) is 0 Å². The maximum Gasteiger partial charge on any atom is 0.254 e. The first kappa shape index (κ1) is 17.6. The molecule has 0 spiro atoms. The maximum atomic E-state index is 13.0. The summed E-state index contributed by atoms with van der Waals surface area (Å²) in [6.07, 6.45) is 3.20. The number of hydrogen-bond donors (Lipinski definition) is 1. The van der Waals surface area contributed by atoms with Gasteiger partial charge in [0.05, 0.1) is 18.1 Å². The lowest BCUT2D eigenvalue weighted by Gasteiger charge is -2.35. The monoisotopic (exact) mass is 393 g/mol. The highest BCUT2D eigenvalue weighted by Gasteiger charge is 2.49. The first-order valence-electron chi connectivity index (χ1n) is 8.43. The molecule has 26 heavy (non-hydrogen) atoms.